The van der Waals surface area contributed by atoms with Gasteiger partial charge >= 0.3 is 0 Å². The SMILES string of the molecule is CCCN(CCC)c1cc(Nc2cccc(NC(C)=O)c2)nc(C)n1. The number of carbonyl (C=O) groups is 1. The van der Waals surface area contributed by atoms with E-state index in [2.05, 4.69) is 39.3 Å². The summed E-state index contributed by atoms with van der Waals surface area (Å²) in [5, 5.41) is 6.09. The van der Waals surface area contributed by atoms with Gasteiger partial charge in [0.2, 0.25) is 5.91 Å². The molecule has 1 aromatic carbocycles. The van der Waals surface area contributed by atoms with Crippen molar-refractivity contribution in [3.63, 3.8) is 0 Å². The first-order valence-corrected chi connectivity index (χ1v) is 8.77. The van der Waals surface area contributed by atoms with E-state index < -0.39 is 0 Å². The van der Waals surface area contributed by atoms with Gasteiger partial charge in [-0.2, -0.15) is 0 Å². The van der Waals surface area contributed by atoms with Crippen LogP contribution in [0.4, 0.5) is 23.0 Å². The first-order valence-electron chi connectivity index (χ1n) is 8.77. The second-order valence-corrected chi connectivity index (χ2v) is 6.03. The van der Waals surface area contributed by atoms with Gasteiger partial charge in [-0.1, -0.05) is 19.9 Å². The highest BCUT2D eigenvalue weighted by Crippen LogP contribution is 2.22. The monoisotopic (exact) mass is 341 g/mol. The molecule has 0 fully saturated rings. The zero-order chi connectivity index (χ0) is 18.2. The molecule has 0 radical (unpaired) electrons. The fraction of sp³-hybridized carbons (Fsp3) is 0.421. The molecule has 0 aliphatic rings. The number of rotatable bonds is 8. The zero-order valence-electron chi connectivity index (χ0n) is 15.5. The highest BCUT2D eigenvalue weighted by molar-refractivity contribution is 5.89. The highest BCUT2D eigenvalue weighted by Gasteiger charge is 2.10. The molecule has 2 aromatic rings. The van der Waals surface area contributed by atoms with Gasteiger partial charge in [0.15, 0.2) is 0 Å². The summed E-state index contributed by atoms with van der Waals surface area (Å²) in [5.41, 5.74) is 1.62. The Hall–Kier alpha value is -2.63. The van der Waals surface area contributed by atoms with Gasteiger partial charge in [0.05, 0.1) is 0 Å². The molecule has 0 aliphatic heterocycles. The standard InChI is InChI=1S/C19H27N5O/c1-5-10-24(11-6-2)19-13-18(20-14(3)21-19)23-17-9-7-8-16(12-17)22-15(4)25/h7-9,12-13H,5-6,10-11H2,1-4H3,(H,22,25)(H,20,21,23). The quantitative estimate of drug-likeness (QED) is 0.756. The molecular weight excluding hydrogens is 314 g/mol. The lowest BCUT2D eigenvalue weighted by molar-refractivity contribution is -0.114. The summed E-state index contributed by atoms with van der Waals surface area (Å²) < 4.78 is 0. The molecule has 0 aliphatic carbocycles. The summed E-state index contributed by atoms with van der Waals surface area (Å²) in [4.78, 5) is 22.6. The second kappa shape index (κ2) is 9.01. The van der Waals surface area contributed by atoms with Crippen LogP contribution < -0.4 is 15.5 Å². The van der Waals surface area contributed by atoms with Crippen LogP contribution in [0.5, 0.6) is 0 Å². The van der Waals surface area contributed by atoms with E-state index in [1.165, 1.54) is 6.92 Å². The molecule has 0 spiro atoms. The smallest absolute Gasteiger partial charge is 0.221 e. The average Bonchev–Trinajstić information content (AvgIpc) is 2.54. The third-order valence-corrected chi connectivity index (χ3v) is 3.59. The fourth-order valence-corrected chi connectivity index (χ4v) is 2.68. The molecule has 2 rings (SSSR count). The maximum absolute atomic E-state index is 11.2. The molecule has 2 N–H and O–H groups in total. The third kappa shape index (κ3) is 5.74. The Bertz CT molecular complexity index is 711. The van der Waals surface area contributed by atoms with Crippen LogP contribution in [-0.2, 0) is 4.79 Å². The van der Waals surface area contributed by atoms with Crippen LogP contribution in [0.15, 0.2) is 30.3 Å². The largest absolute Gasteiger partial charge is 0.356 e. The molecule has 1 heterocycles. The Morgan fingerprint density at radius 1 is 1.08 bits per heavy atom. The number of aromatic nitrogens is 2. The van der Waals surface area contributed by atoms with Gasteiger partial charge in [-0.25, -0.2) is 9.97 Å². The van der Waals surface area contributed by atoms with Crippen molar-refractivity contribution in [3.8, 4) is 0 Å². The molecule has 0 saturated carbocycles. The van der Waals surface area contributed by atoms with Crippen molar-refractivity contribution < 1.29 is 4.79 Å². The number of hydrogen-bond acceptors (Lipinski definition) is 5. The molecule has 0 unspecified atom stereocenters. The summed E-state index contributed by atoms with van der Waals surface area (Å²) in [7, 11) is 0. The maximum atomic E-state index is 11.2. The topological polar surface area (TPSA) is 70.2 Å². The van der Waals surface area contributed by atoms with E-state index in [0.717, 1.165) is 54.8 Å². The van der Waals surface area contributed by atoms with E-state index in [-0.39, 0.29) is 5.91 Å². The molecule has 0 saturated heterocycles. The highest BCUT2D eigenvalue weighted by atomic mass is 16.1. The molecule has 0 bridgehead atoms. The van der Waals surface area contributed by atoms with Gasteiger partial charge < -0.3 is 15.5 Å². The average molecular weight is 341 g/mol. The van der Waals surface area contributed by atoms with E-state index in [1.54, 1.807) is 0 Å². The Morgan fingerprint density at radius 2 is 1.76 bits per heavy atom. The number of benzene rings is 1. The Morgan fingerprint density at radius 3 is 2.40 bits per heavy atom. The summed E-state index contributed by atoms with van der Waals surface area (Å²) in [5.74, 6) is 2.33. The summed E-state index contributed by atoms with van der Waals surface area (Å²) in [6.45, 7) is 9.69. The van der Waals surface area contributed by atoms with E-state index in [1.807, 2.05) is 37.3 Å². The number of anilines is 4. The van der Waals surface area contributed by atoms with Gasteiger partial charge in [-0.3, -0.25) is 4.79 Å². The Balaban J connectivity index is 2.23. The van der Waals surface area contributed by atoms with Crippen molar-refractivity contribution in [2.45, 2.75) is 40.5 Å². The van der Waals surface area contributed by atoms with Crippen molar-refractivity contribution in [1.29, 1.82) is 0 Å². The lowest BCUT2D eigenvalue weighted by atomic mass is 10.2. The first-order chi connectivity index (χ1) is 12.0. The molecule has 1 aromatic heterocycles. The summed E-state index contributed by atoms with van der Waals surface area (Å²) in [6, 6.07) is 9.55. The number of amides is 1. The van der Waals surface area contributed by atoms with Crippen LogP contribution in [0.3, 0.4) is 0 Å². The predicted octanol–water partition coefficient (Wildman–Crippen LogP) is 4.11. The lowest BCUT2D eigenvalue weighted by Gasteiger charge is -2.23. The summed E-state index contributed by atoms with van der Waals surface area (Å²) >= 11 is 0. The van der Waals surface area contributed by atoms with Crippen molar-refractivity contribution in [1.82, 2.24) is 9.97 Å². The molecule has 1 amide bonds. The van der Waals surface area contributed by atoms with Gasteiger partial charge in [0.1, 0.15) is 17.5 Å². The minimum Gasteiger partial charge on any atom is -0.356 e. The molecule has 0 atom stereocenters. The van der Waals surface area contributed by atoms with Crippen LogP contribution in [-0.4, -0.2) is 29.0 Å². The predicted molar refractivity (Wildman–Crippen MR) is 104 cm³/mol. The van der Waals surface area contributed by atoms with Crippen LogP contribution in [0, 0.1) is 6.92 Å². The fourth-order valence-electron chi connectivity index (χ4n) is 2.68. The Labute approximate surface area is 149 Å². The lowest BCUT2D eigenvalue weighted by Crippen LogP contribution is -2.26. The minimum atomic E-state index is -0.0907. The number of nitrogens with one attached hydrogen (secondary N) is 2. The van der Waals surface area contributed by atoms with Crippen molar-refractivity contribution in [2.24, 2.45) is 0 Å². The molecule has 134 valence electrons. The van der Waals surface area contributed by atoms with Crippen LogP contribution in [0.25, 0.3) is 0 Å². The second-order valence-electron chi connectivity index (χ2n) is 6.03. The van der Waals surface area contributed by atoms with Crippen LogP contribution >= 0.6 is 0 Å². The van der Waals surface area contributed by atoms with Gasteiger partial charge in [-0.05, 0) is 38.0 Å². The van der Waals surface area contributed by atoms with Crippen molar-refractivity contribution >= 4 is 28.9 Å². The first kappa shape index (κ1) is 18.7. The number of nitrogens with zero attached hydrogens (tertiary/aromatic N) is 3. The molecular formula is C19H27N5O. The number of aryl methyl sites for hydroxylation is 1. The van der Waals surface area contributed by atoms with Crippen molar-refractivity contribution in [2.75, 3.05) is 28.6 Å². The maximum Gasteiger partial charge on any atom is 0.221 e. The van der Waals surface area contributed by atoms with Crippen LogP contribution in [0.2, 0.25) is 0 Å². The van der Waals surface area contributed by atoms with E-state index in [0.29, 0.717) is 0 Å². The van der Waals surface area contributed by atoms with E-state index >= 15 is 0 Å². The van der Waals surface area contributed by atoms with E-state index in [9.17, 15) is 4.79 Å². The molecule has 25 heavy (non-hydrogen) atoms. The zero-order valence-corrected chi connectivity index (χ0v) is 15.5. The summed E-state index contributed by atoms with van der Waals surface area (Å²) in [6.07, 6.45) is 2.15. The van der Waals surface area contributed by atoms with E-state index in [4.69, 9.17) is 0 Å². The number of carbonyl (C=O) groups excluding carboxylic acids is 1. The number of hydrogen-bond donors (Lipinski definition) is 2. The van der Waals surface area contributed by atoms with Gasteiger partial charge in [0, 0.05) is 37.5 Å². The van der Waals surface area contributed by atoms with Gasteiger partial charge in [-0.15, -0.1) is 0 Å². The molecule has 6 heteroatoms. The van der Waals surface area contributed by atoms with Crippen LogP contribution in [0.1, 0.15) is 39.4 Å². The minimum absolute atomic E-state index is 0.0907. The normalized spacial score (nSPS) is 10.4. The van der Waals surface area contributed by atoms with Crippen molar-refractivity contribution in [3.05, 3.63) is 36.2 Å². The molecule has 6 nitrogen and oxygen atoms in total. The third-order valence-electron chi connectivity index (χ3n) is 3.59. The van der Waals surface area contributed by atoms with Gasteiger partial charge in [0.25, 0.3) is 0 Å². The Kier molecular flexibility index (Phi) is 6.74.